The van der Waals surface area contributed by atoms with Crippen LogP contribution in [0.15, 0.2) is 265 Å². The summed E-state index contributed by atoms with van der Waals surface area (Å²) in [5, 5.41) is 59.6. The van der Waals surface area contributed by atoms with Gasteiger partial charge in [0, 0.05) is 127 Å². The fourth-order valence-electron chi connectivity index (χ4n) is 12.8. The van der Waals surface area contributed by atoms with Crippen LogP contribution in [0.1, 0.15) is 61.8 Å². The molecular formula is C74H62N6O12P2. The zero-order valence-corrected chi connectivity index (χ0v) is 52.8. The molecule has 2 aromatic heterocycles. The van der Waals surface area contributed by atoms with Gasteiger partial charge in [-0.15, -0.1) is 0 Å². The van der Waals surface area contributed by atoms with Crippen molar-refractivity contribution in [2.45, 2.75) is 63.3 Å². The number of fused-ring (bicyclic) bond motifs is 6. The molecule has 20 heteroatoms. The average molecular weight is 1290 g/mol. The Hall–Kier alpha value is -10.7. The molecular weight excluding hydrogens is 1230 g/mol. The van der Waals surface area contributed by atoms with Gasteiger partial charge in [-0.25, -0.2) is 9.59 Å². The molecule has 18 nitrogen and oxygen atoms in total. The van der Waals surface area contributed by atoms with Crippen molar-refractivity contribution in [2.75, 3.05) is 0 Å². The Kier molecular flexibility index (Phi) is 17.9. The van der Waals surface area contributed by atoms with Gasteiger partial charge in [-0.1, -0.05) is 217 Å². The Bertz CT molecular complexity index is 4630. The smallest absolute Gasteiger partial charge is 0.331 e. The van der Waals surface area contributed by atoms with E-state index in [-0.39, 0.29) is 45.1 Å². The molecule has 0 saturated carbocycles. The van der Waals surface area contributed by atoms with Gasteiger partial charge in [0.2, 0.25) is 0 Å². The second-order valence-electron chi connectivity index (χ2n) is 22.8. The van der Waals surface area contributed by atoms with E-state index in [9.17, 15) is 40.0 Å². The average Bonchev–Trinajstić information content (AvgIpc) is 0.841. The number of nitrogens with zero attached hydrogens (tertiary/aromatic N) is 6. The van der Waals surface area contributed by atoms with Gasteiger partial charge >= 0.3 is 11.9 Å². The fourth-order valence-corrected chi connectivity index (χ4v) is 19.2. The number of benzene rings is 10. The predicted octanol–water partition coefficient (Wildman–Crippen LogP) is 14.2. The summed E-state index contributed by atoms with van der Waals surface area (Å²) in [4.78, 5) is 60.2. The Morgan fingerprint density at radius 2 is 0.691 bits per heavy atom. The summed E-state index contributed by atoms with van der Waals surface area (Å²) in [5.41, 5.74) is 2.89. The van der Waals surface area contributed by atoms with E-state index in [0.29, 0.717) is 90.8 Å². The first kappa shape index (κ1) is 63.4. The number of aromatic nitrogens is 2. The van der Waals surface area contributed by atoms with E-state index < -0.39 is 46.8 Å². The number of hydrogen-bond donors (Lipinski definition) is 2. The van der Waals surface area contributed by atoms with Crippen LogP contribution in [0.5, 0.6) is 0 Å². The van der Waals surface area contributed by atoms with Crippen LogP contribution in [0.4, 0.5) is 11.4 Å². The summed E-state index contributed by atoms with van der Waals surface area (Å²) in [6.45, 7) is 3.29. The highest BCUT2D eigenvalue weighted by Crippen LogP contribution is 2.63. The molecule has 0 bridgehead atoms. The number of carbonyl (C=O) groups excluding carboxylic acids is 2. The Morgan fingerprint density at radius 3 is 0.979 bits per heavy atom. The minimum atomic E-state index is -4.32. The summed E-state index contributed by atoms with van der Waals surface area (Å²) < 4.78 is 37.3. The third-order valence-electron chi connectivity index (χ3n) is 17.1. The number of carbonyl (C=O) groups is 2. The van der Waals surface area contributed by atoms with Crippen LogP contribution in [0, 0.1) is 20.2 Å². The second kappa shape index (κ2) is 26.5. The molecule has 470 valence electrons. The lowest BCUT2D eigenvalue weighted by Gasteiger charge is -2.38. The molecule has 0 saturated heterocycles. The number of oxime groups is 2. The summed E-state index contributed by atoms with van der Waals surface area (Å²) in [6, 6.07) is 71.0. The van der Waals surface area contributed by atoms with Crippen molar-refractivity contribution >= 4 is 114 Å². The first-order valence-corrected chi connectivity index (χ1v) is 33.8. The van der Waals surface area contributed by atoms with E-state index in [2.05, 4.69) is 19.4 Å². The number of hydrogen-bond acceptors (Lipinski definition) is 14. The molecule has 94 heavy (non-hydrogen) atoms. The standard InChI is InChI=1S/C74H62N6O12P2/c1-51(81)91-75-71(73(83,55-25-11-5-12-26-55)93(89,59-29-15-7-16-30-59)60-31-17-8-18-32-60)53-37-41-67-63(47-53)65-49-57(79(85)86)39-43-69(65)77(67)45-23-3-4-24-46-78-68-42-38-54(48-64(68)66-50-58(80(87)88)40-44-70(66)78)72(76-92-52(2)82)74(84,56-27-13-6-14-28-56)94(90,61-33-19-9-20-34-61)62-35-21-10-22-36-62/h5-22,25-44,47-50,83-84H,3-4,23-24,45-46H2,1-2H3/b75-71-,76-72-. The lowest BCUT2D eigenvalue weighted by atomic mass is 9.97. The normalized spacial score (nSPS) is 13.6. The minimum Gasteiger partial charge on any atom is -0.371 e. The van der Waals surface area contributed by atoms with Gasteiger partial charge in [-0.05, 0) is 60.4 Å². The molecule has 12 rings (SSSR count). The van der Waals surface area contributed by atoms with Gasteiger partial charge in [-0.3, -0.25) is 20.2 Å². The highest BCUT2D eigenvalue weighted by atomic mass is 31.2. The molecule has 2 N–H and O–H groups in total. The maximum atomic E-state index is 16.5. The number of aliphatic hydroxyl groups is 2. The number of nitro benzene ring substituents is 2. The van der Waals surface area contributed by atoms with Gasteiger partial charge in [0.1, 0.15) is 11.4 Å². The highest BCUT2D eigenvalue weighted by Gasteiger charge is 2.57. The molecule has 0 radical (unpaired) electrons. The van der Waals surface area contributed by atoms with E-state index in [0.717, 1.165) is 12.8 Å². The first-order chi connectivity index (χ1) is 45.5. The minimum absolute atomic E-state index is 0.152. The number of non-ortho nitro benzene ring substituents is 2. The van der Waals surface area contributed by atoms with Crippen molar-refractivity contribution < 1.29 is 48.5 Å². The molecule has 0 fully saturated rings. The quantitative estimate of drug-likeness (QED) is 0.0152. The lowest BCUT2D eigenvalue weighted by Crippen LogP contribution is -2.43. The number of unbranched alkanes of at least 4 members (excludes halogenated alkanes) is 3. The van der Waals surface area contributed by atoms with E-state index in [4.69, 9.17) is 9.68 Å². The van der Waals surface area contributed by atoms with Crippen molar-refractivity contribution in [3.8, 4) is 0 Å². The molecule has 0 aliphatic carbocycles. The lowest BCUT2D eigenvalue weighted by molar-refractivity contribution is -0.384. The Morgan fingerprint density at radius 1 is 0.415 bits per heavy atom. The van der Waals surface area contributed by atoms with Crippen LogP contribution in [-0.4, -0.2) is 52.6 Å². The van der Waals surface area contributed by atoms with Crippen molar-refractivity contribution in [1.82, 2.24) is 9.13 Å². The van der Waals surface area contributed by atoms with Gasteiger partial charge in [0.15, 0.2) is 25.0 Å². The third-order valence-corrected chi connectivity index (χ3v) is 24.0. The van der Waals surface area contributed by atoms with Crippen LogP contribution >= 0.6 is 14.3 Å². The van der Waals surface area contributed by atoms with E-state index in [1.165, 1.54) is 38.1 Å². The Labute approximate surface area is 539 Å². The molecule has 10 aromatic carbocycles. The zero-order chi connectivity index (χ0) is 65.8. The molecule has 2 unspecified atom stereocenters. The second-order valence-corrected chi connectivity index (χ2v) is 28.6. The first-order valence-electron chi connectivity index (χ1n) is 30.4. The summed E-state index contributed by atoms with van der Waals surface area (Å²) in [5.74, 6) is -1.59. The van der Waals surface area contributed by atoms with Gasteiger partial charge in [0.25, 0.3) is 11.4 Å². The van der Waals surface area contributed by atoms with Crippen molar-refractivity contribution in [3.63, 3.8) is 0 Å². The van der Waals surface area contributed by atoms with Gasteiger partial charge in [-0.2, -0.15) is 0 Å². The monoisotopic (exact) mass is 1290 g/mol. The number of nitro groups is 2. The van der Waals surface area contributed by atoms with Crippen molar-refractivity contribution in [1.29, 1.82) is 0 Å². The topological polar surface area (TPSA) is 248 Å². The summed E-state index contributed by atoms with van der Waals surface area (Å²) >= 11 is 0. The molecule has 12 aromatic rings. The summed E-state index contributed by atoms with van der Waals surface area (Å²) in [6.07, 6.45) is 2.78. The van der Waals surface area contributed by atoms with E-state index in [1.807, 2.05) is 12.1 Å². The Balaban J connectivity index is 0.887. The molecule has 0 aliphatic rings. The molecule has 0 spiro atoms. The van der Waals surface area contributed by atoms with Crippen LogP contribution in [0.25, 0.3) is 43.6 Å². The van der Waals surface area contributed by atoms with Gasteiger partial charge in [0.05, 0.1) is 9.85 Å². The number of rotatable bonds is 23. The molecule has 0 aliphatic heterocycles. The number of aryl methyl sites for hydroxylation is 2. The largest absolute Gasteiger partial charge is 0.371 e. The maximum absolute atomic E-state index is 16.5. The van der Waals surface area contributed by atoms with Crippen LogP contribution < -0.4 is 21.2 Å². The predicted molar refractivity (Wildman–Crippen MR) is 367 cm³/mol. The summed E-state index contributed by atoms with van der Waals surface area (Å²) in [7, 11) is -8.63. The molecule has 0 amide bonds. The van der Waals surface area contributed by atoms with Crippen LogP contribution in [0.2, 0.25) is 0 Å². The fraction of sp³-hybridized carbons (Fsp3) is 0.135. The maximum Gasteiger partial charge on any atom is 0.331 e. The highest BCUT2D eigenvalue weighted by molar-refractivity contribution is 7.80. The SMILES string of the molecule is CC(=O)O/N=C(/c1ccc2c(c1)c1cc([N+](=O)[O-])ccc1n2CCCCCCn1c2ccc(/C(=N/OC(C)=O)C(O)(c3ccccc3)P(=O)(c3ccccc3)c3ccccc3)cc2c2cc([N+](=O)[O-])ccc21)C(O)(c1ccccc1)P(=O)(c1ccccc1)c1ccccc1. The van der Waals surface area contributed by atoms with Crippen LogP contribution in [0.3, 0.4) is 0 Å². The zero-order valence-electron chi connectivity index (χ0n) is 51.0. The van der Waals surface area contributed by atoms with Crippen molar-refractivity contribution in [2.24, 2.45) is 10.3 Å². The molecule has 2 atom stereocenters. The van der Waals surface area contributed by atoms with Crippen molar-refractivity contribution in [3.05, 3.63) is 297 Å². The van der Waals surface area contributed by atoms with E-state index >= 15 is 9.13 Å². The van der Waals surface area contributed by atoms with E-state index in [1.54, 1.807) is 218 Å². The third kappa shape index (κ3) is 11.4. The van der Waals surface area contributed by atoms with Gasteiger partial charge < -0.3 is 38.2 Å². The molecule has 2 heterocycles. The van der Waals surface area contributed by atoms with Crippen LogP contribution in [-0.2, 0) is 52.2 Å².